The van der Waals surface area contributed by atoms with E-state index >= 15 is 0 Å². The molecule has 3 nitrogen and oxygen atoms in total. The third-order valence-corrected chi connectivity index (χ3v) is 6.77. The van der Waals surface area contributed by atoms with Gasteiger partial charge < -0.3 is 9.47 Å². The van der Waals surface area contributed by atoms with Crippen molar-refractivity contribution in [1.82, 2.24) is 0 Å². The second kappa shape index (κ2) is 7.15. The summed E-state index contributed by atoms with van der Waals surface area (Å²) >= 11 is 0. The van der Waals surface area contributed by atoms with Crippen LogP contribution in [-0.4, -0.2) is 11.6 Å². The van der Waals surface area contributed by atoms with Crippen LogP contribution >= 0.6 is 0 Å². The van der Waals surface area contributed by atoms with Crippen molar-refractivity contribution >= 4 is 5.97 Å². The van der Waals surface area contributed by atoms with Crippen LogP contribution in [0.5, 0.6) is 0 Å². The van der Waals surface area contributed by atoms with Crippen LogP contribution in [0.4, 0.5) is 0 Å². The Labute approximate surface area is 200 Å². The van der Waals surface area contributed by atoms with E-state index in [2.05, 4.69) is 48.5 Å². The fourth-order valence-electron chi connectivity index (χ4n) is 5.53. The van der Waals surface area contributed by atoms with Gasteiger partial charge in [-0.1, -0.05) is 91.0 Å². The third-order valence-electron chi connectivity index (χ3n) is 6.77. The third kappa shape index (κ3) is 2.77. The second-order valence-electron chi connectivity index (χ2n) is 10.0. The quantitative estimate of drug-likeness (QED) is 0.334. The number of ether oxygens (including phenoxy) is 2. The van der Waals surface area contributed by atoms with E-state index in [1.807, 2.05) is 75.4 Å². The molecule has 0 saturated carbocycles. The standard InChI is InChI=1S/C31H26O3/c1-29(2,3)33-28(32)21-18-19-26-27(20-21)31(23-14-8-5-9-15-23)25-17-11-10-16-24(25)30(26,34-31)22-12-6-4-7-13-22/h4-20H,1-3H3. The Balaban J connectivity index is 1.67. The Kier molecular flexibility index (Phi) is 4.39. The Morgan fingerprint density at radius 1 is 0.647 bits per heavy atom. The molecule has 0 radical (unpaired) electrons. The van der Waals surface area contributed by atoms with Crippen LogP contribution in [0.15, 0.2) is 103 Å². The van der Waals surface area contributed by atoms with Crippen LogP contribution in [0.3, 0.4) is 0 Å². The van der Waals surface area contributed by atoms with Crippen LogP contribution in [0.1, 0.15) is 64.5 Å². The summed E-state index contributed by atoms with van der Waals surface area (Å²) in [6.07, 6.45) is 0. The highest BCUT2D eigenvalue weighted by molar-refractivity contribution is 5.91. The molecule has 0 aromatic heterocycles. The van der Waals surface area contributed by atoms with Crippen molar-refractivity contribution in [1.29, 1.82) is 0 Å². The molecule has 4 aromatic carbocycles. The minimum absolute atomic E-state index is 0.330. The maximum Gasteiger partial charge on any atom is 0.338 e. The molecule has 2 unspecified atom stereocenters. The van der Waals surface area contributed by atoms with Crippen molar-refractivity contribution in [3.05, 3.63) is 142 Å². The average molecular weight is 447 g/mol. The van der Waals surface area contributed by atoms with Gasteiger partial charge in [0.25, 0.3) is 0 Å². The molecule has 2 atom stereocenters. The first-order valence-electron chi connectivity index (χ1n) is 11.7. The Bertz CT molecular complexity index is 1400. The molecule has 6 rings (SSSR count). The SMILES string of the molecule is CC(C)(C)OC(=O)c1ccc2c(c1)C1(c3ccccc3)OC2(c2ccccc2)c2ccccc21. The minimum Gasteiger partial charge on any atom is -0.456 e. The summed E-state index contributed by atoms with van der Waals surface area (Å²) in [5.41, 5.74) is 4.81. The topological polar surface area (TPSA) is 35.5 Å². The minimum atomic E-state index is -0.818. The lowest BCUT2D eigenvalue weighted by Gasteiger charge is -2.30. The van der Waals surface area contributed by atoms with Crippen LogP contribution in [0.25, 0.3) is 0 Å². The van der Waals surface area contributed by atoms with Gasteiger partial charge in [0.15, 0.2) is 0 Å². The number of hydrogen-bond acceptors (Lipinski definition) is 3. The molecule has 2 aliphatic rings. The van der Waals surface area contributed by atoms with E-state index in [4.69, 9.17) is 9.47 Å². The summed E-state index contributed by atoms with van der Waals surface area (Å²) in [6, 6.07) is 35.0. The zero-order valence-corrected chi connectivity index (χ0v) is 19.5. The summed E-state index contributed by atoms with van der Waals surface area (Å²) in [5.74, 6) is -0.330. The summed E-state index contributed by atoms with van der Waals surface area (Å²) in [5, 5.41) is 0. The Morgan fingerprint density at radius 2 is 1.12 bits per heavy atom. The van der Waals surface area contributed by atoms with Crippen molar-refractivity contribution in [2.75, 3.05) is 0 Å². The van der Waals surface area contributed by atoms with Crippen molar-refractivity contribution < 1.29 is 14.3 Å². The molecule has 0 aliphatic carbocycles. The van der Waals surface area contributed by atoms with E-state index in [9.17, 15) is 4.79 Å². The monoisotopic (exact) mass is 446 g/mol. The van der Waals surface area contributed by atoms with E-state index < -0.39 is 16.8 Å². The highest BCUT2D eigenvalue weighted by Gasteiger charge is 2.64. The predicted molar refractivity (Wildman–Crippen MR) is 132 cm³/mol. The second-order valence-corrected chi connectivity index (χ2v) is 10.0. The molecule has 0 spiro atoms. The molecule has 2 bridgehead atoms. The van der Waals surface area contributed by atoms with E-state index in [0.717, 1.165) is 33.4 Å². The fraction of sp³-hybridized carbons (Fsp3) is 0.194. The number of carbonyl (C=O) groups excluding carboxylic acids is 1. The summed E-state index contributed by atoms with van der Waals surface area (Å²) in [7, 11) is 0. The molecule has 168 valence electrons. The van der Waals surface area contributed by atoms with E-state index in [-0.39, 0.29) is 5.97 Å². The van der Waals surface area contributed by atoms with Gasteiger partial charge in [0, 0.05) is 5.56 Å². The Morgan fingerprint density at radius 3 is 1.65 bits per heavy atom. The van der Waals surface area contributed by atoms with Crippen LogP contribution in [0, 0.1) is 0 Å². The molecular weight excluding hydrogens is 420 g/mol. The molecular formula is C31H26O3. The van der Waals surface area contributed by atoms with Gasteiger partial charge in [-0.25, -0.2) is 4.79 Å². The number of fused-ring (bicyclic) bond motifs is 8. The zero-order valence-electron chi connectivity index (χ0n) is 19.5. The largest absolute Gasteiger partial charge is 0.456 e. The van der Waals surface area contributed by atoms with Gasteiger partial charge >= 0.3 is 5.97 Å². The van der Waals surface area contributed by atoms with Gasteiger partial charge in [0.05, 0.1) is 5.56 Å². The molecule has 0 amide bonds. The van der Waals surface area contributed by atoms with E-state index in [1.165, 1.54) is 0 Å². The number of benzene rings is 4. The fourth-order valence-corrected chi connectivity index (χ4v) is 5.53. The van der Waals surface area contributed by atoms with Gasteiger partial charge in [-0.15, -0.1) is 0 Å². The lowest BCUT2D eigenvalue weighted by Crippen LogP contribution is -2.28. The van der Waals surface area contributed by atoms with E-state index in [0.29, 0.717) is 5.56 Å². The number of esters is 1. The van der Waals surface area contributed by atoms with Gasteiger partial charge in [0.2, 0.25) is 0 Å². The summed E-state index contributed by atoms with van der Waals surface area (Å²) in [6.45, 7) is 5.65. The Hall–Kier alpha value is -3.69. The molecule has 4 aromatic rings. The lowest BCUT2D eigenvalue weighted by molar-refractivity contribution is -0.0258. The molecule has 2 aliphatic heterocycles. The highest BCUT2D eigenvalue weighted by Crippen LogP contribution is 2.65. The number of hydrogen-bond donors (Lipinski definition) is 0. The molecule has 0 saturated heterocycles. The number of carbonyl (C=O) groups is 1. The highest BCUT2D eigenvalue weighted by atomic mass is 16.6. The predicted octanol–water partition coefficient (Wildman–Crippen LogP) is 6.57. The van der Waals surface area contributed by atoms with E-state index in [1.54, 1.807) is 0 Å². The van der Waals surface area contributed by atoms with Crippen molar-refractivity contribution in [3.8, 4) is 0 Å². The zero-order chi connectivity index (χ0) is 23.6. The summed E-state index contributed by atoms with van der Waals surface area (Å²) < 4.78 is 12.9. The smallest absolute Gasteiger partial charge is 0.338 e. The summed E-state index contributed by atoms with van der Waals surface area (Å²) in [4.78, 5) is 13.0. The normalized spacial score (nSPS) is 22.2. The van der Waals surface area contributed by atoms with Gasteiger partial charge in [0.1, 0.15) is 16.8 Å². The van der Waals surface area contributed by atoms with Gasteiger partial charge in [-0.2, -0.15) is 0 Å². The molecule has 0 fully saturated rings. The maximum absolute atomic E-state index is 13.0. The number of rotatable bonds is 3. The lowest BCUT2D eigenvalue weighted by atomic mass is 9.68. The van der Waals surface area contributed by atoms with Crippen LogP contribution < -0.4 is 0 Å². The molecule has 0 N–H and O–H groups in total. The first-order chi connectivity index (χ1) is 16.4. The van der Waals surface area contributed by atoms with Crippen LogP contribution in [-0.2, 0) is 20.7 Å². The van der Waals surface area contributed by atoms with Crippen molar-refractivity contribution in [3.63, 3.8) is 0 Å². The first-order valence-corrected chi connectivity index (χ1v) is 11.7. The molecule has 2 heterocycles. The van der Waals surface area contributed by atoms with Gasteiger partial charge in [-0.05, 0) is 60.7 Å². The maximum atomic E-state index is 13.0. The average Bonchev–Trinajstić information content (AvgIpc) is 3.34. The van der Waals surface area contributed by atoms with Crippen molar-refractivity contribution in [2.45, 2.75) is 37.6 Å². The molecule has 3 heteroatoms. The molecule has 34 heavy (non-hydrogen) atoms. The van der Waals surface area contributed by atoms with Crippen LogP contribution in [0.2, 0.25) is 0 Å². The first kappa shape index (κ1) is 20.9. The van der Waals surface area contributed by atoms with Crippen molar-refractivity contribution in [2.24, 2.45) is 0 Å². The van der Waals surface area contributed by atoms with Gasteiger partial charge in [-0.3, -0.25) is 0 Å².